The number of rotatable bonds is 9. The lowest BCUT2D eigenvalue weighted by Gasteiger charge is -2.29. The summed E-state index contributed by atoms with van der Waals surface area (Å²) in [4.78, 5) is 19.8. The average Bonchev–Trinajstić information content (AvgIpc) is 3.66. The fourth-order valence-electron chi connectivity index (χ4n) is 4.36. The number of para-hydroxylation sites is 1. The number of hydrogen-bond donors (Lipinski definition) is 0. The topological polar surface area (TPSA) is 63.9 Å². The number of carbonyl (C=O) groups is 1. The number of aromatic nitrogens is 4. The van der Waals surface area contributed by atoms with Crippen molar-refractivity contribution in [2.24, 2.45) is 5.92 Å². The van der Waals surface area contributed by atoms with Crippen LogP contribution in [0.25, 0.3) is 17.1 Å². The van der Waals surface area contributed by atoms with E-state index in [9.17, 15) is 4.79 Å². The third-order valence-corrected chi connectivity index (χ3v) is 7.46. The molecule has 1 fully saturated rings. The zero-order chi connectivity index (χ0) is 24.2. The van der Waals surface area contributed by atoms with Gasteiger partial charge in [-0.15, -0.1) is 10.2 Å². The molecule has 2 heterocycles. The van der Waals surface area contributed by atoms with Gasteiger partial charge in [0.1, 0.15) is 0 Å². The number of thioether (sulfide) groups is 1. The van der Waals surface area contributed by atoms with E-state index in [1.807, 2.05) is 51.9 Å². The Morgan fingerprint density at radius 2 is 1.83 bits per heavy atom. The van der Waals surface area contributed by atoms with Gasteiger partial charge in [0.05, 0.1) is 11.4 Å². The molecule has 1 amide bonds. The molecule has 0 bridgehead atoms. The van der Waals surface area contributed by atoms with Crippen LogP contribution >= 0.6 is 11.8 Å². The van der Waals surface area contributed by atoms with Crippen LogP contribution in [0.4, 0.5) is 0 Å². The van der Waals surface area contributed by atoms with Crippen molar-refractivity contribution in [3.63, 3.8) is 0 Å². The van der Waals surface area contributed by atoms with Crippen LogP contribution in [-0.2, 0) is 11.3 Å². The summed E-state index contributed by atoms with van der Waals surface area (Å²) in [6.45, 7) is 4.88. The number of aryl methyl sites for hydroxylation is 1. The summed E-state index contributed by atoms with van der Waals surface area (Å²) >= 11 is 1.44. The van der Waals surface area contributed by atoms with Gasteiger partial charge in [0.2, 0.25) is 5.91 Å². The molecule has 0 radical (unpaired) electrons. The van der Waals surface area contributed by atoms with Crippen molar-refractivity contribution in [3.05, 3.63) is 90.3 Å². The highest BCUT2D eigenvalue weighted by molar-refractivity contribution is 7.99. The van der Waals surface area contributed by atoms with Gasteiger partial charge in [-0.3, -0.25) is 14.3 Å². The van der Waals surface area contributed by atoms with Gasteiger partial charge in [-0.25, -0.2) is 0 Å². The maximum absolute atomic E-state index is 13.5. The van der Waals surface area contributed by atoms with Crippen molar-refractivity contribution >= 4 is 17.7 Å². The minimum Gasteiger partial charge on any atom is -0.335 e. The van der Waals surface area contributed by atoms with Crippen LogP contribution in [0, 0.1) is 12.8 Å². The second-order valence-electron chi connectivity index (χ2n) is 9.04. The number of amides is 1. The van der Waals surface area contributed by atoms with E-state index in [0.717, 1.165) is 28.2 Å². The fraction of sp³-hybridized carbons (Fsp3) is 0.286. The van der Waals surface area contributed by atoms with Gasteiger partial charge >= 0.3 is 0 Å². The van der Waals surface area contributed by atoms with E-state index in [2.05, 4.69) is 53.3 Å². The van der Waals surface area contributed by atoms with E-state index in [1.54, 1.807) is 12.4 Å². The van der Waals surface area contributed by atoms with Gasteiger partial charge in [-0.05, 0) is 61.9 Å². The van der Waals surface area contributed by atoms with E-state index < -0.39 is 0 Å². The Morgan fingerprint density at radius 3 is 2.54 bits per heavy atom. The second-order valence-corrected chi connectivity index (χ2v) is 9.99. The minimum absolute atomic E-state index is 0.125. The first-order valence-corrected chi connectivity index (χ1v) is 13.0. The van der Waals surface area contributed by atoms with E-state index in [1.165, 1.54) is 24.6 Å². The van der Waals surface area contributed by atoms with Crippen molar-refractivity contribution < 1.29 is 4.79 Å². The molecule has 1 saturated carbocycles. The molecule has 0 saturated heterocycles. The molecule has 0 aliphatic heterocycles. The Kier molecular flexibility index (Phi) is 6.95. The first-order valence-electron chi connectivity index (χ1n) is 12.0. The number of nitrogens with zero attached hydrogens (tertiary/aromatic N) is 5. The lowest BCUT2D eigenvalue weighted by molar-refractivity contribution is -0.131. The van der Waals surface area contributed by atoms with Gasteiger partial charge < -0.3 is 4.90 Å². The Balaban J connectivity index is 1.42. The average molecular weight is 484 g/mol. The summed E-state index contributed by atoms with van der Waals surface area (Å²) in [6, 6.07) is 22.5. The molecule has 1 atom stereocenters. The van der Waals surface area contributed by atoms with E-state index in [0.29, 0.717) is 23.4 Å². The number of benzene rings is 2. The third kappa shape index (κ3) is 5.30. The Labute approximate surface area is 210 Å². The van der Waals surface area contributed by atoms with E-state index >= 15 is 0 Å². The molecule has 0 unspecified atom stereocenters. The van der Waals surface area contributed by atoms with Crippen LogP contribution in [0.3, 0.4) is 0 Å². The molecule has 1 aliphatic rings. The normalized spacial score (nSPS) is 14.0. The molecule has 6 nitrogen and oxygen atoms in total. The molecule has 178 valence electrons. The molecule has 35 heavy (non-hydrogen) atoms. The summed E-state index contributed by atoms with van der Waals surface area (Å²) in [5.41, 5.74) is 4.15. The highest BCUT2D eigenvalue weighted by Gasteiger charge is 2.34. The van der Waals surface area contributed by atoms with Gasteiger partial charge in [0.25, 0.3) is 0 Å². The van der Waals surface area contributed by atoms with Crippen molar-refractivity contribution in [3.8, 4) is 17.1 Å². The minimum atomic E-state index is 0.125. The Morgan fingerprint density at radius 1 is 1.06 bits per heavy atom. The fourth-order valence-corrected chi connectivity index (χ4v) is 5.19. The maximum Gasteiger partial charge on any atom is 0.233 e. The highest BCUT2D eigenvalue weighted by Crippen LogP contribution is 2.36. The van der Waals surface area contributed by atoms with E-state index in [-0.39, 0.29) is 11.9 Å². The van der Waals surface area contributed by atoms with E-state index in [4.69, 9.17) is 0 Å². The quantitative estimate of drug-likeness (QED) is 0.292. The summed E-state index contributed by atoms with van der Waals surface area (Å²) in [5.74, 6) is 1.75. The molecule has 1 aliphatic carbocycles. The summed E-state index contributed by atoms with van der Waals surface area (Å²) in [6.07, 6.45) is 5.93. The van der Waals surface area contributed by atoms with Crippen molar-refractivity contribution in [2.75, 3.05) is 5.75 Å². The number of pyridine rings is 1. The predicted octanol–water partition coefficient (Wildman–Crippen LogP) is 5.56. The smallest absolute Gasteiger partial charge is 0.233 e. The number of hydrogen-bond acceptors (Lipinski definition) is 5. The molecule has 4 aromatic rings. The molecule has 2 aromatic heterocycles. The highest BCUT2D eigenvalue weighted by atomic mass is 32.2. The Bertz CT molecular complexity index is 1290. The standard InChI is InChI=1S/C28H29N5OS/c1-20-9-6-7-13-25(20)33-27(24-12-8-16-29-17-24)30-31-28(33)35-19-26(34)32(21(2)23-14-15-23)18-22-10-4-3-5-11-22/h3-13,16-17,21,23H,14-15,18-19H2,1-2H3/t21-/m1/s1. The monoisotopic (exact) mass is 483 g/mol. The summed E-state index contributed by atoms with van der Waals surface area (Å²) in [5, 5.41) is 9.69. The van der Waals surface area contributed by atoms with Gasteiger partial charge in [-0.1, -0.05) is 60.3 Å². The van der Waals surface area contributed by atoms with Crippen LogP contribution in [0.1, 0.15) is 30.9 Å². The van der Waals surface area contributed by atoms with Gasteiger partial charge in [-0.2, -0.15) is 0 Å². The van der Waals surface area contributed by atoms with Gasteiger partial charge in [0, 0.05) is 30.5 Å². The van der Waals surface area contributed by atoms with Crippen molar-refractivity contribution in [1.82, 2.24) is 24.6 Å². The van der Waals surface area contributed by atoms with Gasteiger partial charge in [0.15, 0.2) is 11.0 Å². The lowest BCUT2D eigenvalue weighted by atomic mass is 10.1. The first kappa shape index (κ1) is 23.3. The van der Waals surface area contributed by atoms with Crippen LogP contribution < -0.4 is 0 Å². The Hall–Kier alpha value is -3.45. The van der Waals surface area contributed by atoms with Crippen LogP contribution in [0.5, 0.6) is 0 Å². The largest absolute Gasteiger partial charge is 0.335 e. The maximum atomic E-state index is 13.5. The predicted molar refractivity (Wildman–Crippen MR) is 139 cm³/mol. The third-order valence-electron chi connectivity index (χ3n) is 6.55. The molecular formula is C28H29N5OS. The number of carbonyl (C=O) groups excluding carboxylic acids is 1. The molecule has 0 spiro atoms. The molecule has 5 rings (SSSR count). The van der Waals surface area contributed by atoms with Crippen LogP contribution in [0.2, 0.25) is 0 Å². The van der Waals surface area contributed by atoms with Crippen molar-refractivity contribution in [1.29, 1.82) is 0 Å². The van der Waals surface area contributed by atoms with Crippen LogP contribution in [0.15, 0.2) is 84.3 Å². The van der Waals surface area contributed by atoms with Crippen molar-refractivity contribution in [2.45, 2.75) is 44.4 Å². The first-order chi connectivity index (χ1) is 17.1. The van der Waals surface area contributed by atoms with Crippen LogP contribution in [-0.4, -0.2) is 42.4 Å². The molecule has 7 heteroatoms. The molecule has 2 aromatic carbocycles. The lowest BCUT2D eigenvalue weighted by Crippen LogP contribution is -2.40. The molecule has 0 N–H and O–H groups in total. The summed E-state index contributed by atoms with van der Waals surface area (Å²) < 4.78 is 2.04. The molecular weight excluding hydrogens is 454 g/mol. The SMILES string of the molecule is Cc1ccccc1-n1c(SCC(=O)N(Cc2ccccc2)[C@H](C)C2CC2)nnc1-c1cccnc1. The zero-order valence-electron chi connectivity index (χ0n) is 20.0. The summed E-state index contributed by atoms with van der Waals surface area (Å²) in [7, 11) is 0. The second kappa shape index (κ2) is 10.4. The zero-order valence-corrected chi connectivity index (χ0v) is 20.9.